The maximum Gasteiger partial charge on any atom is 0.413 e. The molecule has 1 aromatic heterocycles. The summed E-state index contributed by atoms with van der Waals surface area (Å²) in [4.78, 5) is 39.6. The van der Waals surface area contributed by atoms with Crippen LogP contribution in [0.2, 0.25) is 0 Å². The van der Waals surface area contributed by atoms with E-state index < -0.39 is 18.0 Å². The molecule has 0 aliphatic rings. The lowest BCUT2D eigenvalue weighted by atomic mass is 10.1. The predicted octanol–water partition coefficient (Wildman–Crippen LogP) is 3.40. The maximum atomic E-state index is 12.1. The van der Waals surface area contributed by atoms with E-state index in [1.54, 1.807) is 12.3 Å². The van der Waals surface area contributed by atoms with E-state index in [1.807, 2.05) is 30.3 Å². The zero-order valence-corrected chi connectivity index (χ0v) is 16.3. The Morgan fingerprint density at radius 1 is 1.18 bits per heavy atom. The fraction of sp³-hybridized carbons (Fsp3) is 0.263. The highest BCUT2D eigenvalue weighted by Gasteiger charge is 2.18. The van der Waals surface area contributed by atoms with Crippen LogP contribution in [-0.4, -0.2) is 36.7 Å². The SMILES string of the molecule is CCOC(=O)/C(=C\CC(=O)OC)c1csc(NC(=O)OCc2ccccc2)n1. The number of nitrogens with zero attached hydrogens (tertiary/aromatic N) is 1. The molecule has 0 aliphatic carbocycles. The lowest BCUT2D eigenvalue weighted by Crippen LogP contribution is -2.13. The fourth-order valence-electron chi connectivity index (χ4n) is 2.07. The van der Waals surface area contributed by atoms with E-state index in [9.17, 15) is 14.4 Å². The molecule has 0 saturated heterocycles. The Morgan fingerprint density at radius 2 is 1.93 bits per heavy atom. The summed E-state index contributed by atoms with van der Waals surface area (Å²) in [5, 5.41) is 4.34. The van der Waals surface area contributed by atoms with Gasteiger partial charge in [-0.3, -0.25) is 10.1 Å². The Balaban J connectivity index is 2.03. The molecule has 0 bridgehead atoms. The van der Waals surface area contributed by atoms with Gasteiger partial charge in [0.2, 0.25) is 0 Å². The molecule has 1 amide bonds. The van der Waals surface area contributed by atoms with E-state index in [1.165, 1.54) is 13.2 Å². The fourth-order valence-corrected chi connectivity index (χ4v) is 2.77. The minimum Gasteiger partial charge on any atom is -0.469 e. The number of methoxy groups -OCH3 is 1. The summed E-state index contributed by atoms with van der Waals surface area (Å²) < 4.78 is 14.7. The number of anilines is 1. The maximum absolute atomic E-state index is 12.1. The highest BCUT2D eigenvalue weighted by atomic mass is 32.1. The first-order valence-electron chi connectivity index (χ1n) is 8.41. The largest absolute Gasteiger partial charge is 0.469 e. The Morgan fingerprint density at radius 3 is 2.61 bits per heavy atom. The topological polar surface area (TPSA) is 104 Å². The van der Waals surface area contributed by atoms with Crippen LogP contribution in [0.4, 0.5) is 9.93 Å². The molecular formula is C19H20N2O6S. The Labute approximate surface area is 166 Å². The predicted molar refractivity (Wildman–Crippen MR) is 104 cm³/mol. The number of aromatic nitrogens is 1. The van der Waals surface area contributed by atoms with Crippen molar-refractivity contribution in [3.63, 3.8) is 0 Å². The van der Waals surface area contributed by atoms with E-state index in [2.05, 4.69) is 15.0 Å². The molecule has 1 heterocycles. The first-order valence-corrected chi connectivity index (χ1v) is 9.29. The van der Waals surface area contributed by atoms with Crippen LogP contribution in [-0.2, 0) is 30.4 Å². The number of thiazole rings is 1. The summed E-state index contributed by atoms with van der Waals surface area (Å²) in [5.74, 6) is -1.12. The standard InChI is InChI=1S/C19H20N2O6S/c1-3-26-17(23)14(9-10-16(22)25-2)15-12-28-18(20-15)21-19(24)27-11-13-7-5-4-6-8-13/h4-9,12H,3,10-11H2,1-2H3,(H,20,21,24)/b14-9-. The molecule has 1 aromatic carbocycles. The molecule has 0 aliphatic heterocycles. The van der Waals surface area contributed by atoms with E-state index in [0.717, 1.165) is 16.9 Å². The second-order valence-electron chi connectivity index (χ2n) is 5.34. The number of benzene rings is 1. The summed E-state index contributed by atoms with van der Waals surface area (Å²) >= 11 is 1.12. The van der Waals surface area contributed by atoms with Gasteiger partial charge >= 0.3 is 18.0 Å². The summed E-state index contributed by atoms with van der Waals surface area (Å²) in [6.07, 6.45) is 0.612. The molecule has 0 atom stereocenters. The van der Waals surface area contributed by atoms with Crippen molar-refractivity contribution in [2.45, 2.75) is 20.0 Å². The number of carbonyl (C=O) groups excluding carboxylic acids is 3. The van der Waals surface area contributed by atoms with E-state index >= 15 is 0 Å². The highest BCUT2D eigenvalue weighted by Crippen LogP contribution is 2.23. The second kappa shape index (κ2) is 10.8. The van der Waals surface area contributed by atoms with Gasteiger partial charge in [-0.05, 0) is 12.5 Å². The number of hydrogen-bond donors (Lipinski definition) is 1. The molecular weight excluding hydrogens is 384 g/mol. The molecule has 0 fully saturated rings. The molecule has 1 N–H and O–H groups in total. The third-order valence-corrected chi connectivity index (χ3v) is 4.16. The van der Waals surface area contributed by atoms with Gasteiger partial charge in [0.1, 0.15) is 6.61 Å². The van der Waals surface area contributed by atoms with Crippen LogP contribution in [0.5, 0.6) is 0 Å². The van der Waals surface area contributed by atoms with E-state index in [4.69, 9.17) is 9.47 Å². The molecule has 2 rings (SSSR count). The molecule has 0 saturated carbocycles. The molecule has 28 heavy (non-hydrogen) atoms. The summed E-state index contributed by atoms with van der Waals surface area (Å²) in [6, 6.07) is 9.25. The second-order valence-corrected chi connectivity index (χ2v) is 6.20. The molecule has 2 aromatic rings. The van der Waals surface area contributed by atoms with Gasteiger partial charge in [0, 0.05) is 5.38 Å². The smallest absolute Gasteiger partial charge is 0.413 e. The van der Waals surface area contributed by atoms with E-state index in [0.29, 0.717) is 0 Å². The highest BCUT2D eigenvalue weighted by molar-refractivity contribution is 7.14. The average molecular weight is 404 g/mol. The molecule has 9 heteroatoms. The average Bonchev–Trinajstić information content (AvgIpc) is 3.15. The number of esters is 2. The number of amides is 1. The monoisotopic (exact) mass is 404 g/mol. The number of hydrogen-bond acceptors (Lipinski definition) is 8. The minimum atomic E-state index is -0.666. The van der Waals surface area contributed by atoms with Crippen LogP contribution in [0.1, 0.15) is 24.6 Å². The number of carbonyl (C=O) groups is 3. The summed E-state index contributed by atoms with van der Waals surface area (Å²) in [7, 11) is 1.26. The number of ether oxygens (including phenoxy) is 3. The quantitative estimate of drug-likeness (QED) is 0.408. The molecule has 0 unspecified atom stereocenters. The van der Waals surface area contributed by atoms with Crippen LogP contribution in [0.15, 0.2) is 41.8 Å². The van der Waals surface area contributed by atoms with Crippen molar-refractivity contribution >= 4 is 40.1 Å². The zero-order valence-electron chi connectivity index (χ0n) is 15.5. The minimum absolute atomic E-state index is 0.107. The summed E-state index contributed by atoms with van der Waals surface area (Å²) in [6.45, 7) is 1.97. The van der Waals surface area contributed by atoms with Crippen LogP contribution in [0, 0.1) is 0 Å². The lowest BCUT2D eigenvalue weighted by molar-refractivity contribution is -0.139. The van der Waals surface area contributed by atoms with Crippen molar-refractivity contribution in [3.8, 4) is 0 Å². The van der Waals surface area contributed by atoms with Crippen molar-refractivity contribution in [1.29, 1.82) is 0 Å². The van der Waals surface area contributed by atoms with Crippen LogP contribution < -0.4 is 5.32 Å². The first-order chi connectivity index (χ1) is 13.5. The Kier molecular flexibility index (Phi) is 8.16. The van der Waals surface area contributed by atoms with Crippen molar-refractivity contribution in [1.82, 2.24) is 4.98 Å². The molecule has 0 spiro atoms. The van der Waals surface area contributed by atoms with Gasteiger partial charge < -0.3 is 14.2 Å². The molecule has 148 valence electrons. The van der Waals surface area contributed by atoms with Gasteiger partial charge in [-0.1, -0.05) is 36.4 Å². The summed E-state index contributed by atoms with van der Waals surface area (Å²) in [5.41, 5.74) is 1.26. The Bertz CT molecular complexity index is 847. The zero-order chi connectivity index (χ0) is 20.4. The van der Waals surface area contributed by atoms with Crippen molar-refractivity contribution in [2.24, 2.45) is 0 Å². The van der Waals surface area contributed by atoms with Gasteiger partial charge in [-0.15, -0.1) is 11.3 Å². The lowest BCUT2D eigenvalue weighted by Gasteiger charge is -2.05. The third-order valence-electron chi connectivity index (χ3n) is 3.40. The van der Waals surface area contributed by atoms with Gasteiger partial charge in [0.15, 0.2) is 5.13 Å². The van der Waals surface area contributed by atoms with Crippen molar-refractivity contribution in [2.75, 3.05) is 19.0 Å². The van der Waals surface area contributed by atoms with E-state index in [-0.39, 0.29) is 36.0 Å². The van der Waals surface area contributed by atoms with Crippen LogP contribution in [0.25, 0.3) is 5.57 Å². The van der Waals surface area contributed by atoms with Crippen molar-refractivity contribution < 1.29 is 28.6 Å². The van der Waals surface area contributed by atoms with Crippen LogP contribution in [0.3, 0.4) is 0 Å². The third kappa shape index (κ3) is 6.51. The van der Waals surface area contributed by atoms with Gasteiger partial charge in [-0.2, -0.15) is 0 Å². The first kappa shape index (κ1) is 21.1. The van der Waals surface area contributed by atoms with Crippen LogP contribution >= 0.6 is 11.3 Å². The Hall–Kier alpha value is -3.20. The number of nitrogens with one attached hydrogen (secondary N) is 1. The molecule has 0 radical (unpaired) electrons. The number of rotatable bonds is 8. The van der Waals surface area contributed by atoms with Crippen molar-refractivity contribution in [3.05, 3.63) is 53.0 Å². The van der Waals surface area contributed by atoms with Gasteiger partial charge in [-0.25, -0.2) is 14.6 Å². The van der Waals surface area contributed by atoms with Gasteiger partial charge in [0.25, 0.3) is 0 Å². The molecule has 8 nitrogen and oxygen atoms in total. The normalized spacial score (nSPS) is 10.9. The van der Waals surface area contributed by atoms with Gasteiger partial charge in [0.05, 0.1) is 31.4 Å².